The SMILES string of the molecule is CC(OC(=O)c1cc(-c2ccccc2)nc2c1cnn2Cc1ccccc1)C(=O)NC1CC1. The van der Waals surface area contributed by atoms with Gasteiger partial charge in [0.25, 0.3) is 5.91 Å². The molecule has 4 aromatic rings. The molecule has 1 unspecified atom stereocenters. The highest BCUT2D eigenvalue weighted by Gasteiger charge is 2.28. The van der Waals surface area contributed by atoms with E-state index in [2.05, 4.69) is 10.4 Å². The van der Waals surface area contributed by atoms with Crippen molar-refractivity contribution in [1.82, 2.24) is 20.1 Å². The molecule has 5 rings (SSSR count). The van der Waals surface area contributed by atoms with Crippen molar-refractivity contribution in [1.29, 1.82) is 0 Å². The lowest BCUT2D eigenvalue weighted by atomic mass is 10.1. The number of amides is 1. The topological polar surface area (TPSA) is 86.1 Å². The summed E-state index contributed by atoms with van der Waals surface area (Å²) in [6.45, 7) is 2.11. The van der Waals surface area contributed by atoms with Crippen LogP contribution < -0.4 is 5.32 Å². The molecule has 2 aromatic carbocycles. The summed E-state index contributed by atoms with van der Waals surface area (Å²) >= 11 is 0. The Morgan fingerprint density at radius 2 is 1.79 bits per heavy atom. The second kappa shape index (κ2) is 8.86. The number of hydrogen-bond acceptors (Lipinski definition) is 5. The second-order valence-corrected chi connectivity index (χ2v) is 8.28. The number of esters is 1. The van der Waals surface area contributed by atoms with Crippen molar-refractivity contribution in [2.75, 3.05) is 0 Å². The molecule has 0 radical (unpaired) electrons. The van der Waals surface area contributed by atoms with E-state index in [9.17, 15) is 9.59 Å². The van der Waals surface area contributed by atoms with Crippen molar-refractivity contribution >= 4 is 22.9 Å². The lowest BCUT2D eigenvalue weighted by Crippen LogP contribution is -2.37. The molecular weight excluding hydrogens is 416 g/mol. The fraction of sp³-hybridized carbons (Fsp3) is 0.231. The van der Waals surface area contributed by atoms with Gasteiger partial charge in [0.1, 0.15) is 0 Å². The summed E-state index contributed by atoms with van der Waals surface area (Å²) in [5.74, 6) is -0.850. The van der Waals surface area contributed by atoms with E-state index in [0.717, 1.165) is 24.0 Å². The van der Waals surface area contributed by atoms with E-state index in [-0.39, 0.29) is 11.9 Å². The molecule has 1 N–H and O–H groups in total. The van der Waals surface area contributed by atoms with Crippen molar-refractivity contribution in [3.05, 3.63) is 84.1 Å². The number of nitrogens with one attached hydrogen (secondary N) is 1. The third-order valence-electron chi connectivity index (χ3n) is 5.65. The average molecular weight is 441 g/mol. The van der Waals surface area contributed by atoms with Gasteiger partial charge in [-0.3, -0.25) is 4.79 Å². The molecule has 1 atom stereocenters. The summed E-state index contributed by atoms with van der Waals surface area (Å²) < 4.78 is 7.31. The minimum atomic E-state index is -0.888. The molecule has 0 saturated heterocycles. The Morgan fingerprint density at radius 1 is 1.09 bits per heavy atom. The van der Waals surface area contributed by atoms with Crippen LogP contribution in [0, 0.1) is 0 Å². The summed E-state index contributed by atoms with van der Waals surface area (Å²) in [5.41, 5.74) is 3.51. The lowest BCUT2D eigenvalue weighted by Gasteiger charge is -2.14. The van der Waals surface area contributed by atoms with E-state index < -0.39 is 12.1 Å². The summed E-state index contributed by atoms with van der Waals surface area (Å²) in [5, 5.41) is 7.96. The number of carbonyl (C=O) groups excluding carboxylic acids is 2. The van der Waals surface area contributed by atoms with Gasteiger partial charge in [0, 0.05) is 11.6 Å². The number of aromatic nitrogens is 3. The van der Waals surface area contributed by atoms with Gasteiger partial charge in [-0.05, 0) is 31.4 Å². The lowest BCUT2D eigenvalue weighted by molar-refractivity contribution is -0.129. The molecule has 1 fully saturated rings. The second-order valence-electron chi connectivity index (χ2n) is 8.28. The fourth-order valence-electron chi connectivity index (χ4n) is 3.67. The molecule has 166 valence electrons. The predicted molar refractivity (Wildman–Crippen MR) is 125 cm³/mol. The van der Waals surface area contributed by atoms with E-state index in [4.69, 9.17) is 9.72 Å². The maximum Gasteiger partial charge on any atom is 0.339 e. The van der Waals surface area contributed by atoms with Crippen LogP contribution in [0.4, 0.5) is 0 Å². The van der Waals surface area contributed by atoms with E-state index in [1.165, 1.54) is 0 Å². The third kappa shape index (κ3) is 4.62. The molecule has 0 aliphatic heterocycles. The fourth-order valence-corrected chi connectivity index (χ4v) is 3.67. The van der Waals surface area contributed by atoms with Crippen molar-refractivity contribution < 1.29 is 14.3 Å². The first-order chi connectivity index (χ1) is 16.1. The molecule has 0 bridgehead atoms. The van der Waals surface area contributed by atoms with Crippen LogP contribution in [0.5, 0.6) is 0 Å². The summed E-state index contributed by atoms with van der Waals surface area (Å²) in [6, 6.07) is 21.5. The van der Waals surface area contributed by atoms with Crippen LogP contribution in [0.25, 0.3) is 22.3 Å². The first-order valence-electron chi connectivity index (χ1n) is 11.1. The highest BCUT2D eigenvalue weighted by molar-refractivity contribution is 6.04. The van der Waals surface area contributed by atoms with Crippen molar-refractivity contribution in [2.24, 2.45) is 0 Å². The van der Waals surface area contributed by atoms with Crippen LogP contribution in [0.3, 0.4) is 0 Å². The Kier molecular flexibility index (Phi) is 5.60. The van der Waals surface area contributed by atoms with E-state index in [1.54, 1.807) is 23.9 Å². The number of fused-ring (bicyclic) bond motifs is 1. The molecule has 7 heteroatoms. The predicted octanol–water partition coefficient (Wildman–Crippen LogP) is 3.97. The van der Waals surface area contributed by atoms with Gasteiger partial charge in [0.15, 0.2) is 11.8 Å². The van der Waals surface area contributed by atoms with Crippen LogP contribution in [-0.2, 0) is 16.1 Å². The van der Waals surface area contributed by atoms with Crippen LogP contribution in [0.15, 0.2) is 72.9 Å². The summed E-state index contributed by atoms with van der Waals surface area (Å²) in [7, 11) is 0. The van der Waals surface area contributed by atoms with Crippen LogP contribution >= 0.6 is 0 Å². The molecule has 7 nitrogen and oxygen atoms in total. The first kappa shape index (κ1) is 20.9. The van der Waals surface area contributed by atoms with Gasteiger partial charge in [0.05, 0.1) is 29.4 Å². The molecule has 1 aliphatic rings. The zero-order chi connectivity index (χ0) is 22.8. The Balaban J connectivity index is 1.52. The summed E-state index contributed by atoms with van der Waals surface area (Å²) in [6.07, 6.45) is 2.68. The maximum atomic E-state index is 13.2. The largest absolute Gasteiger partial charge is 0.449 e. The number of ether oxygens (including phenoxy) is 1. The third-order valence-corrected chi connectivity index (χ3v) is 5.65. The van der Waals surface area contributed by atoms with Crippen molar-refractivity contribution in [3.63, 3.8) is 0 Å². The van der Waals surface area contributed by atoms with Crippen LogP contribution in [0.2, 0.25) is 0 Å². The highest BCUT2D eigenvalue weighted by Crippen LogP contribution is 2.26. The number of pyridine rings is 1. The van der Waals surface area contributed by atoms with Gasteiger partial charge in [-0.25, -0.2) is 14.5 Å². The van der Waals surface area contributed by atoms with Crippen molar-refractivity contribution in [2.45, 2.75) is 38.5 Å². The molecular formula is C26H24N4O3. The highest BCUT2D eigenvalue weighted by atomic mass is 16.5. The molecule has 1 saturated carbocycles. The zero-order valence-corrected chi connectivity index (χ0v) is 18.3. The van der Waals surface area contributed by atoms with Gasteiger partial charge in [-0.15, -0.1) is 0 Å². The molecule has 0 spiro atoms. The number of nitrogens with zero attached hydrogens (tertiary/aromatic N) is 3. The number of benzene rings is 2. The number of rotatable bonds is 7. The van der Waals surface area contributed by atoms with Gasteiger partial charge in [-0.2, -0.15) is 5.10 Å². The number of carbonyl (C=O) groups is 2. The minimum absolute atomic E-state index is 0.201. The number of hydrogen-bond donors (Lipinski definition) is 1. The monoisotopic (exact) mass is 440 g/mol. The Bertz CT molecular complexity index is 1300. The zero-order valence-electron chi connectivity index (χ0n) is 18.3. The Morgan fingerprint density at radius 3 is 2.48 bits per heavy atom. The van der Waals surface area contributed by atoms with Gasteiger partial charge >= 0.3 is 5.97 Å². The average Bonchev–Trinajstić information content (AvgIpc) is 3.57. The normalized spacial score (nSPS) is 14.1. The Labute approximate surface area is 191 Å². The standard InChI is InChI=1S/C26H24N4O3/c1-17(25(31)28-20-12-13-20)33-26(32)21-14-23(19-10-6-3-7-11-19)29-24-22(21)15-27-30(24)16-18-8-4-2-5-9-18/h2-11,14-15,17,20H,12-13,16H2,1H3,(H,28,31). The molecule has 1 amide bonds. The minimum Gasteiger partial charge on any atom is -0.449 e. The quantitative estimate of drug-likeness (QED) is 0.440. The van der Waals surface area contributed by atoms with Gasteiger partial charge in [0.2, 0.25) is 0 Å². The molecule has 2 aromatic heterocycles. The molecule has 2 heterocycles. The smallest absolute Gasteiger partial charge is 0.339 e. The maximum absolute atomic E-state index is 13.2. The van der Waals surface area contributed by atoms with E-state index in [1.807, 2.05) is 60.7 Å². The molecule has 1 aliphatic carbocycles. The van der Waals surface area contributed by atoms with Gasteiger partial charge in [-0.1, -0.05) is 60.7 Å². The van der Waals surface area contributed by atoms with Gasteiger partial charge < -0.3 is 10.1 Å². The summed E-state index contributed by atoms with van der Waals surface area (Å²) in [4.78, 5) is 30.3. The van der Waals surface area contributed by atoms with E-state index in [0.29, 0.717) is 28.8 Å². The van der Waals surface area contributed by atoms with Crippen LogP contribution in [0.1, 0.15) is 35.7 Å². The Hall–Kier alpha value is -4.00. The van der Waals surface area contributed by atoms with Crippen molar-refractivity contribution in [3.8, 4) is 11.3 Å². The molecule has 33 heavy (non-hydrogen) atoms. The van der Waals surface area contributed by atoms with Crippen LogP contribution in [-0.4, -0.2) is 38.8 Å². The first-order valence-corrected chi connectivity index (χ1v) is 11.1. The van der Waals surface area contributed by atoms with E-state index >= 15 is 0 Å².